The number of benzene rings is 1. The Morgan fingerprint density at radius 2 is 1.96 bits per heavy atom. The van der Waals surface area contributed by atoms with Crippen LogP contribution in [-0.2, 0) is 17.7 Å². The number of rotatable bonds is 2. The number of hydrogen-bond donors (Lipinski definition) is 0. The summed E-state index contributed by atoms with van der Waals surface area (Å²) in [6, 6.07) is 5.85. The lowest BCUT2D eigenvalue weighted by atomic mass is 9.96. The number of amides is 1. The number of methoxy groups -OCH3 is 1. The van der Waals surface area contributed by atoms with Gasteiger partial charge in [0.1, 0.15) is 0 Å². The molecule has 2 aromatic rings. The lowest BCUT2D eigenvalue weighted by Crippen LogP contribution is -2.37. The molecule has 0 bridgehead atoms. The number of ether oxygens (including phenoxy) is 1. The quantitative estimate of drug-likeness (QED) is 0.797. The molecule has 3 rings (SSSR count). The summed E-state index contributed by atoms with van der Waals surface area (Å²) in [5.74, 6) is -0.366. The maximum Gasteiger partial charge on any atom is 0.339 e. The Kier molecular flexibility index (Phi) is 4.34. The van der Waals surface area contributed by atoms with Crippen molar-refractivity contribution in [3.05, 3.63) is 64.0 Å². The molecule has 0 unspecified atom stereocenters. The van der Waals surface area contributed by atoms with Gasteiger partial charge in [0, 0.05) is 31.0 Å². The number of carbonyl (C=O) groups excluding carboxylic acids is 2. The molecule has 0 saturated carbocycles. The lowest BCUT2D eigenvalue weighted by molar-refractivity contribution is 0.0598. The summed E-state index contributed by atoms with van der Waals surface area (Å²) in [6.07, 6.45) is 3.88. The van der Waals surface area contributed by atoms with Crippen LogP contribution in [0.25, 0.3) is 0 Å². The van der Waals surface area contributed by atoms with Gasteiger partial charge < -0.3 is 9.64 Å². The number of aryl methyl sites for hydroxylation is 2. The van der Waals surface area contributed by atoms with Gasteiger partial charge in [0.15, 0.2) is 0 Å². The highest BCUT2D eigenvalue weighted by Crippen LogP contribution is 2.24. The second kappa shape index (κ2) is 6.43. The molecular weight excluding hydrogens is 304 g/mol. The Hall–Kier alpha value is -2.69. The number of carbonyl (C=O) groups is 2. The van der Waals surface area contributed by atoms with Gasteiger partial charge in [-0.2, -0.15) is 0 Å². The standard InChI is InChI=1S/C19H20N2O3/c1-12-4-5-15(13(2)8-12)18(22)21-7-6-16-14(11-21)9-20-10-17(16)19(23)24-3/h4-5,8-10H,6-7,11H2,1-3H3. The van der Waals surface area contributed by atoms with Crippen LogP contribution in [0.4, 0.5) is 0 Å². The molecule has 5 heteroatoms. The van der Waals surface area contributed by atoms with Gasteiger partial charge in [-0.25, -0.2) is 4.79 Å². The van der Waals surface area contributed by atoms with Gasteiger partial charge in [-0.15, -0.1) is 0 Å². The fourth-order valence-corrected chi connectivity index (χ4v) is 3.18. The molecule has 24 heavy (non-hydrogen) atoms. The average molecular weight is 324 g/mol. The normalized spacial score (nSPS) is 13.4. The lowest BCUT2D eigenvalue weighted by Gasteiger charge is -2.30. The molecule has 0 saturated heterocycles. The Morgan fingerprint density at radius 3 is 2.67 bits per heavy atom. The van der Waals surface area contributed by atoms with E-state index in [1.54, 1.807) is 6.20 Å². The highest BCUT2D eigenvalue weighted by molar-refractivity contribution is 5.96. The third kappa shape index (κ3) is 2.89. The first-order chi connectivity index (χ1) is 11.5. The Bertz CT molecular complexity index is 814. The van der Waals surface area contributed by atoms with E-state index in [-0.39, 0.29) is 11.9 Å². The first-order valence-electron chi connectivity index (χ1n) is 7.92. The minimum absolute atomic E-state index is 0.0154. The zero-order valence-corrected chi connectivity index (χ0v) is 14.1. The molecule has 2 heterocycles. The van der Waals surface area contributed by atoms with Gasteiger partial charge in [-0.3, -0.25) is 9.78 Å². The van der Waals surface area contributed by atoms with Crippen molar-refractivity contribution in [2.45, 2.75) is 26.8 Å². The summed E-state index contributed by atoms with van der Waals surface area (Å²) in [5.41, 5.74) is 5.17. The van der Waals surface area contributed by atoms with E-state index in [1.807, 2.05) is 36.9 Å². The molecule has 1 amide bonds. The third-order valence-electron chi connectivity index (χ3n) is 4.44. The zero-order valence-electron chi connectivity index (χ0n) is 14.1. The summed E-state index contributed by atoms with van der Waals surface area (Å²) < 4.78 is 4.81. The number of pyridine rings is 1. The van der Waals surface area contributed by atoms with Crippen LogP contribution in [0, 0.1) is 13.8 Å². The van der Waals surface area contributed by atoms with E-state index in [0.29, 0.717) is 25.1 Å². The Balaban J connectivity index is 1.87. The van der Waals surface area contributed by atoms with Crippen molar-refractivity contribution in [2.75, 3.05) is 13.7 Å². The van der Waals surface area contributed by atoms with E-state index in [2.05, 4.69) is 4.98 Å². The van der Waals surface area contributed by atoms with Crippen LogP contribution >= 0.6 is 0 Å². The van der Waals surface area contributed by atoms with Crippen molar-refractivity contribution in [2.24, 2.45) is 0 Å². The molecule has 0 aliphatic carbocycles. The molecule has 1 aliphatic rings. The van der Waals surface area contributed by atoms with E-state index in [4.69, 9.17) is 4.74 Å². The minimum Gasteiger partial charge on any atom is -0.465 e. The molecule has 124 valence electrons. The Labute approximate surface area is 141 Å². The maximum absolute atomic E-state index is 12.8. The van der Waals surface area contributed by atoms with E-state index < -0.39 is 0 Å². The largest absolute Gasteiger partial charge is 0.465 e. The number of aromatic nitrogens is 1. The van der Waals surface area contributed by atoms with Crippen molar-refractivity contribution in [3.63, 3.8) is 0 Å². The van der Waals surface area contributed by atoms with E-state index in [0.717, 1.165) is 27.8 Å². The summed E-state index contributed by atoms with van der Waals surface area (Å²) in [4.78, 5) is 30.6. The van der Waals surface area contributed by atoms with E-state index in [1.165, 1.54) is 13.3 Å². The molecule has 1 aromatic heterocycles. The van der Waals surface area contributed by atoms with Crippen LogP contribution in [-0.4, -0.2) is 35.4 Å². The molecule has 0 spiro atoms. The highest BCUT2D eigenvalue weighted by atomic mass is 16.5. The fraction of sp³-hybridized carbons (Fsp3) is 0.316. The number of fused-ring (bicyclic) bond motifs is 1. The first-order valence-corrected chi connectivity index (χ1v) is 7.92. The topological polar surface area (TPSA) is 59.5 Å². The third-order valence-corrected chi connectivity index (χ3v) is 4.44. The van der Waals surface area contributed by atoms with Crippen LogP contribution < -0.4 is 0 Å². The smallest absolute Gasteiger partial charge is 0.339 e. The van der Waals surface area contributed by atoms with Gasteiger partial charge >= 0.3 is 5.97 Å². The van der Waals surface area contributed by atoms with Gasteiger partial charge in [-0.1, -0.05) is 17.7 Å². The van der Waals surface area contributed by atoms with E-state index >= 15 is 0 Å². The van der Waals surface area contributed by atoms with Crippen LogP contribution in [0.1, 0.15) is 43.0 Å². The molecule has 1 aliphatic heterocycles. The van der Waals surface area contributed by atoms with Gasteiger partial charge in [-0.05, 0) is 43.0 Å². The second-order valence-corrected chi connectivity index (χ2v) is 6.11. The summed E-state index contributed by atoms with van der Waals surface area (Å²) in [5, 5.41) is 0. The molecule has 5 nitrogen and oxygen atoms in total. The first kappa shape index (κ1) is 16.2. The van der Waals surface area contributed by atoms with Crippen LogP contribution in [0.3, 0.4) is 0 Å². The molecule has 1 aromatic carbocycles. The van der Waals surface area contributed by atoms with Crippen molar-refractivity contribution in [1.29, 1.82) is 0 Å². The predicted octanol–water partition coefficient (Wildman–Crippen LogP) is 2.68. The highest BCUT2D eigenvalue weighted by Gasteiger charge is 2.26. The number of esters is 1. The average Bonchev–Trinajstić information content (AvgIpc) is 2.59. The van der Waals surface area contributed by atoms with Gasteiger partial charge in [0.2, 0.25) is 0 Å². The zero-order chi connectivity index (χ0) is 17.3. The van der Waals surface area contributed by atoms with Gasteiger partial charge in [0.05, 0.1) is 12.7 Å². The van der Waals surface area contributed by atoms with Crippen LogP contribution in [0.15, 0.2) is 30.6 Å². The minimum atomic E-state index is -0.381. The number of nitrogens with zero attached hydrogens (tertiary/aromatic N) is 2. The Morgan fingerprint density at radius 1 is 1.17 bits per heavy atom. The summed E-state index contributed by atoms with van der Waals surface area (Å²) in [6.45, 7) is 5.00. The fourth-order valence-electron chi connectivity index (χ4n) is 3.18. The molecule has 0 radical (unpaired) electrons. The maximum atomic E-state index is 12.8. The molecule has 0 atom stereocenters. The number of hydrogen-bond acceptors (Lipinski definition) is 4. The van der Waals surface area contributed by atoms with Crippen LogP contribution in [0.5, 0.6) is 0 Å². The van der Waals surface area contributed by atoms with Gasteiger partial charge in [0.25, 0.3) is 5.91 Å². The summed E-state index contributed by atoms with van der Waals surface area (Å²) >= 11 is 0. The SMILES string of the molecule is COC(=O)c1cncc2c1CCN(C(=O)c1ccc(C)cc1C)C2. The molecule has 0 N–H and O–H groups in total. The predicted molar refractivity (Wildman–Crippen MR) is 89.9 cm³/mol. The van der Waals surface area contributed by atoms with Crippen molar-refractivity contribution in [1.82, 2.24) is 9.88 Å². The van der Waals surface area contributed by atoms with Crippen molar-refractivity contribution < 1.29 is 14.3 Å². The van der Waals surface area contributed by atoms with Crippen molar-refractivity contribution >= 4 is 11.9 Å². The molecular formula is C19H20N2O3. The van der Waals surface area contributed by atoms with Crippen molar-refractivity contribution in [3.8, 4) is 0 Å². The van der Waals surface area contributed by atoms with Crippen LogP contribution in [0.2, 0.25) is 0 Å². The molecule has 0 fully saturated rings. The monoisotopic (exact) mass is 324 g/mol. The van der Waals surface area contributed by atoms with E-state index in [9.17, 15) is 9.59 Å². The second-order valence-electron chi connectivity index (χ2n) is 6.11. The summed E-state index contributed by atoms with van der Waals surface area (Å²) in [7, 11) is 1.36.